The minimum Gasteiger partial charge on any atom is -0.396 e. The molecular formula is C14H25N5O. The summed E-state index contributed by atoms with van der Waals surface area (Å²) < 4.78 is 1.51. The molecule has 1 aliphatic rings. The lowest BCUT2D eigenvalue weighted by atomic mass is 10.0. The van der Waals surface area contributed by atoms with Crippen LogP contribution in [0.5, 0.6) is 0 Å². The maximum atomic E-state index is 12.0. The zero-order valence-corrected chi connectivity index (χ0v) is 12.4. The van der Waals surface area contributed by atoms with Gasteiger partial charge in [-0.15, -0.1) is 0 Å². The Morgan fingerprint density at radius 2 is 2.35 bits per heavy atom. The standard InChI is InChI=1S/C14H25N5O/c1-11-6-3-4-8-19(11)9-5-7-16-14(20)13-12(15)10-17-18(13)2/h10-11H,3-9,15H2,1-2H3,(H,16,20). The number of nitrogens with one attached hydrogen (secondary N) is 1. The number of hydrogen-bond acceptors (Lipinski definition) is 4. The van der Waals surface area contributed by atoms with Crippen LogP contribution in [0, 0.1) is 0 Å². The SMILES string of the molecule is CC1CCCCN1CCCNC(=O)c1c(N)cnn1C. The summed E-state index contributed by atoms with van der Waals surface area (Å²) in [6.45, 7) is 5.19. The van der Waals surface area contributed by atoms with Crippen LogP contribution in [0.15, 0.2) is 6.20 Å². The number of hydrogen-bond donors (Lipinski definition) is 2. The van der Waals surface area contributed by atoms with Gasteiger partial charge < -0.3 is 16.0 Å². The third-order valence-electron chi connectivity index (χ3n) is 4.03. The first kappa shape index (κ1) is 14.8. The van der Waals surface area contributed by atoms with Crippen LogP contribution >= 0.6 is 0 Å². The van der Waals surface area contributed by atoms with Crippen molar-refractivity contribution in [2.45, 2.75) is 38.6 Å². The van der Waals surface area contributed by atoms with Gasteiger partial charge in [0.1, 0.15) is 5.69 Å². The molecule has 1 atom stereocenters. The average Bonchev–Trinajstić information content (AvgIpc) is 2.76. The lowest BCUT2D eigenvalue weighted by molar-refractivity contribution is 0.0940. The number of amides is 1. The van der Waals surface area contributed by atoms with Gasteiger partial charge in [0.25, 0.3) is 5.91 Å². The normalized spacial score (nSPS) is 20.0. The third-order valence-corrected chi connectivity index (χ3v) is 4.03. The summed E-state index contributed by atoms with van der Waals surface area (Å²) in [4.78, 5) is 14.5. The Labute approximate surface area is 120 Å². The molecule has 20 heavy (non-hydrogen) atoms. The van der Waals surface area contributed by atoms with Crippen molar-refractivity contribution in [3.8, 4) is 0 Å². The van der Waals surface area contributed by atoms with E-state index in [2.05, 4.69) is 22.2 Å². The van der Waals surface area contributed by atoms with Gasteiger partial charge in [0, 0.05) is 26.2 Å². The van der Waals surface area contributed by atoms with Crippen LogP contribution < -0.4 is 11.1 Å². The first-order valence-corrected chi connectivity index (χ1v) is 7.39. The summed E-state index contributed by atoms with van der Waals surface area (Å²) in [6.07, 6.45) is 6.40. The van der Waals surface area contributed by atoms with Crippen LogP contribution in [0.2, 0.25) is 0 Å². The van der Waals surface area contributed by atoms with Gasteiger partial charge in [-0.3, -0.25) is 9.48 Å². The van der Waals surface area contributed by atoms with Crippen molar-refractivity contribution in [2.24, 2.45) is 7.05 Å². The molecule has 1 aromatic heterocycles. The topological polar surface area (TPSA) is 76.2 Å². The summed E-state index contributed by atoms with van der Waals surface area (Å²) >= 11 is 0. The van der Waals surface area contributed by atoms with Gasteiger partial charge in [-0.2, -0.15) is 5.10 Å². The number of carbonyl (C=O) groups is 1. The minimum absolute atomic E-state index is 0.144. The van der Waals surface area contributed by atoms with E-state index in [0.29, 0.717) is 24.0 Å². The predicted octanol–water partition coefficient (Wildman–Crippen LogP) is 0.997. The molecule has 1 saturated heterocycles. The van der Waals surface area contributed by atoms with Crippen molar-refractivity contribution in [3.63, 3.8) is 0 Å². The van der Waals surface area contributed by atoms with E-state index in [9.17, 15) is 4.79 Å². The fraction of sp³-hybridized carbons (Fsp3) is 0.714. The maximum Gasteiger partial charge on any atom is 0.271 e. The number of anilines is 1. The molecule has 0 bridgehead atoms. The summed E-state index contributed by atoms with van der Waals surface area (Å²) in [6, 6.07) is 0.673. The number of nitrogens with two attached hydrogens (primary N) is 1. The summed E-state index contributed by atoms with van der Waals surface area (Å²) in [7, 11) is 1.72. The van der Waals surface area contributed by atoms with Crippen molar-refractivity contribution in [2.75, 3.05) is 25.4 Å². The number of piperidine rings is 1. The second kappa shape index (κ2) is 6.74. The average molecular weight is 279 g/mol. The van der Waals surface area contributed by atoms with E-state index < -0.39 is 0 Å². The van der Waals surface area contributed by atoms with Crippen LogP contribution in [0.4, 0.5) is 5.69 Å². The predicted molar refractivity (Wildman–Crippen MR) is 79.5 cm³/mol. The number of aryl methyl sites for hydroxylation is 1. The number of likely N-dealkylation sites (tertiary alicyclic amines) is 1. The van der Waals surface area contributed by atoms with Gasteiger partial charge in [-0.25, -0.2) is 0 Å². The second-order valence-electron chi connectivity index (χ2n) is 5.56. The highest BCUT2D eigenvalue weighted by atomic mass is 16.2. The number of carbonyl (C=O) groups excluding carboxylic acids is 1. The van der Waals surface area contributed by atoms with Crippen LogP contribution in [0.1, 0.15) is 43.1 Å². The number of aromatic nitrogens is 2. The summed E-state index contributed by atoms with van der Waals surface area (Å²) in [5, 5.41) is 6.89. The Kier molecular flexibility index (Phi) is 5.00. The molecule has 1 fully saturated rings. The van der Waals surface area contributed by atoms with E-state index in [1.165, 1.54) is 36.7 Å². The molecule has 0 radical (unpaired) electrons. The monoisotopic (exact) mass is 279 g/mol. The zero-order valence-electron chi connectivity index (χ0n) is 12.4. The van der Waals surface area contributed by atoms with Gasteiger partial charge in [0.05, 0.1) is 11.9 Å². The summed E-state index contributed by atoms with van der Waals surface area (Å²) in [5.74, 6) is -0.144. The number of nitrogen functional groups attached to an aromatic ring is 1. The van der Waals surface area contributed by atoms with E-state index in [4.69, 9.17) is 5.73 Å². The van der Waals surface area contributed by atoms with Crippen molar-refractivity contribution in [1.29, 1.82) is 0 Å². The lowest BCUT2D eigenvalue weighted by Crippen LogP contribution is -2.39. The van der Waals surface area contributed by atoms with Crippen molar-refractivity contribution < 1.29 is 4.79 Å². The maximum absolute atomic E-state index is 12.0. The molecule has 1 aromatic rings. The smallest absolute Gasteiger partial charge is 0.271 e. The highest BCUT2D eigenvalue weighted by Gasteiger charge is 2.18. The Balaban J connectivity index is 1.72. The van der Waals surface area contributed by atoms with Crippen molar-refractivity contribution in [1.82, 2.24) is 20.0 Å². The Hall–Kier alpha value is -1.56. The largest absolute Gasteiger partial charge is 0.396 e. The molecule has 6 nitrogen and oxygen atoms in total. The Bertz CT molecular complexity index is 437. The number of nitrogens with zero attached hydrogens (tertiary/aromatic N) is 3. The molecule has 2 rings (SSSR count). The van der Waals surface area contributed by atoms with Crippen LogP contribution in [-0.4, -0.2) is 46.3 Å². The minimum atomic E-state index is -0.144. The van der Waals surface area contributed by atoms with E-state index in [-0.39, 0.29) is 5.91 Å². The highest BCUT2D eigenvalue weighted by Crippen LogP contribution is 2.16. The van der Waals surface area contributed by atoms with E-state index >= 15 is 0 Å². The molecule has 0 aromatic carbocycles. The lowest BCUT2D eigenvalue weighted by Gasteiger charge is -2.33. The third kappa shape index (κ3) is 3.50. The Morgan fingerprint density at radius 1 is 1.55 bits per heavy atom. The first-order valence-electron chi connectivity index (χ1n) is 7.39. The molecule has 3 N–H and O–H groups in total. The van der Waals surface area contributed by atoms with Crippen molar-refractivity contribution in [3.05, 3.63) is 11.9 Å². The van der Waals surface area contributed by atoms with Crippen LogP contribution in [0.3, 0.4) is 0 Å². The van der Waals surface area contributed by atoms with E-state index in [1.54, 1.807) is 7.05 Å². The van der Waals surface area contributed by atoms with Gasteiger partial charge in [-0.1, -0.05) is 6.42 Å². The fourth-order valence-corrected chi connectivity index (χ4v) is 2.79. The van der Waals surface area contributed by atoms with E-state index in [1.807, 2.05) is 0 Å². The summed E-state index contributed by atoms with van der Waals surface area (Å²) in [5.41, 5.74) is 6.60. The molecule has 2 heterocycles. The highest BCUT2D eigenvalue weighted by molar-refractivity contribution is 5.97. The molecule has 6 heteroatoms. The molecular weight excluding hydrogens is 254 g/mol. The van der Waals surface area contributed by atoms with Crippen molar-refractivity contribution >= 4 is 11.6 Å². The molecule has 0 spiro atoms. The quantitative estimate of drug-likeness (QED) is 0.788. The van der Waals surface area contributed by atoms with Gasteiger partial charge in [0.2, 0.25) is 0 Å². The molecule has 1 aliphatic heterocycles. The second-order valence-corrected chi connectivity index (χ2v) is 5.56. The molecule has 1 amide bonds. The molecule has 1 unspecified atom stereocenters. The first-order chi connectivity index (χ1) is 9.59. The van der Waals surface area contributed by atoms with Gasteiger partial charge in [-0.05, 0) is 32.7 Å². The molecule has 112 valence electrons. The van der Waals surface area contributed by atoms with Crippen LogP contribution in [0.25, 0.3) is 0 Å². The van der Waals surface area contributed by atoms with E-state index in [0.717, 1.165) is 13.0 Å². The Morgan fingerprint density at radius 3 is 3.00 bits per heavy atom. The van der Waals surface area contributed by atoms with Gasteiger partial charge in [0.15, 0.2) is 0 Å². The van der Waals surface area contributed by atoms with Crippen LogP contribution in [-0.2, 0) is 7.05 Å². The number of rotatable bonds is 5. The molecule has 0 aliphatic carbocycles. The fourth-order valence-electron chi connectivity index (χ4n) is 2.79. The van der Waals surface area contributed by atoms with Gasteiger partial charge >= 0.3 is 0 Å². The molecule has 0 saturated carbocycles. The zero-order chi connectivity index (χ0) is 14.5.